The molecule has 18 heavy (non-hydrogen) atoms. The molecule has 0 fully saturated rings. The molecule has 0 saturated heterocycles. The fourth-order valence-electron chi connectivity index (χ4n) is 1.79. The monoisotopic (exact) mass is 248 g/mol. The molecule has 1 aromatic heterocycles. The van der Waals surface area contributed by atoms with Crippen LogP contribution in [0.2, 0.25) is 0 Å². The van der Waals surface area contributed by atoms with Crippen LogP contribution in [-0.2, 0) is 7.05 Å². The standard InChI is InChI=1S/C13H13FN2O2/c1-8-4-5-9(14)6-10(8)13(17)12-11(18-3)7-15-16(12)2/h4-7H,1-3H3. The van der Waals surface area contributed by atoms with Gasteiger partial charge in [-0.2, -0.15) is 5.10 Å². The summed E-state index contributed by atoms with van der Waals surface area (Å²) in [6.45, 7) is 1.76. The van der Waals surface area contributed by atoms with Crippen LogP contribution in [0.25, 0.3) is 0 Å². The van der Waals surface area contributed by atoms with Crippen LogP contribution in [0.4, 0.5) is 4.39 Å². The normalized spacial score (nSPS) is 10.4. The number of aromatic nitrogens is 2. The Kier molecular flexibility index (Phi) is 3.14. The van der Waals surface area contributed by atoms with Gasteiger partial charge in [0.25, 0.3) is 0 Å². The Bertz CT molecular complexity index is 605. The maximum absolute atomic E-state index is 13.2. The average molecular weight is 248 g/mol. The van der Waals surface area contributed by atoms with E-state index < -0.39 is 5.82 Å². The molecule has 0 radical (unpaired) electrons. The SMILES string of the molecule is COc1cnn(C)c1C(=O)c1cc(F)ccc1C. The molecule has 0 aliphatic carbocycles. The van der Waals surface area contributed by atoms with Gasteiger partial charge in [-0.1, -0.05) is 6.07 Å². The zero-order valence-electron chi connectivity index (χ0n) is 10.4. The zero-order valence-corrected chi connectivity index (χ0v) is 10.4. The van der Waals surface area contributed by atoms with Gasteiger partial charge in [-0.25, -0.2) is 4.39 Å². The van der Waals surface area contributed by atoms with Crippen LogP contribution in [0, 0.1) is 12.7 Å². The third kappa shape index (κ3) is 1.99. The number of carbonyl (C=O) groups excluding carboxylic acids is 1. The Morgan fingerprint density at radius 1 is 1.44 bits per heavy atom. The number of rotatable bonds is 3. The Morgan fingerprint density at radius 2 is 2.17 bits per heavy atom. The minimum absolute atomic E-state index is 0.302. The van der Waals surface area contributed by atoms with Gasteiger partial charge in [-0.3, -0.25) is 9.48 Å². The smallest absolute Gasteiger partial charge is 0.215 e. The van der Waals surface area contributed by atoms with Crippen molar-refractivity contribution in [2.75, 3.05) is 7.11 Å². The van der Waals surface area contributed by atoms with E-state index in [4.69, 9.17) is 4.74 Å². The lowest BCUT2D eigenvalue weighted by Crippen LogP contribution is -2.11. The minimum Gasteiger partial charge on any atom is -0.493 e. The maximum Gasteiger partial charge on any atom is 0.215 e. The lowest BCUT2D eigenvalue weighted by Gasteiger charge is -2.07. The van der Waals surface area contributed by atoms with Crippen molar-refractivity contribution >= 4 is 5.78 Å². The maximum atomic E-state index is 13.2. The topological polar surface area (TPSA) is 44.1 Å². The number of hydrogen-bond acceptors (Lipinski definition) is 3. The molecule has 0 atom stereocenters. The van der Waals surface area contributed by atoms with Crippen molar-refractivity contribution in [2.24, 2.45) is 7.05 Å². The number of aryl methyl sites for hydroxylation is 2. The van der Waals surface area contributed by atoms with Crippen LogP contribution in [-0.4, -0.2) is 22.7 Å². The molecule has 0 spiro atoms. The molecule has 2 aromatic rings. The van der Waals surface area contributed by atoms with E-state index in [1.165, 1.54) is 30.1 Å². The third-order valence-electron chi connectivity index (χ3n) is 2.78. The second-order valence-electron chi connectivity index (χ2n) is 3.97. The summed E-state index contributed by atoms with van der Waals surface area (Å²) in [6, 6.07) is 4.13. The van der Waals surface area contributed by atoms with Crippen LogP contribution < -0.4 is 4.74 Å². The van der Waals surface area contributed by atoms with Crippen molar-refractivity contribution in [1.29, 1.82) is 0 Å². The first-order chi connectivity index (χ1) is 8.54. The largest absolute Gasteiger partial charge is 0.493 e. The summed E-state index contributed by atoms with van der Waals surface area (Å²) in [5, 5.41) is 3.96. The van der Waals surface area contributed by atoms with Gasteiger partial charge < -0.3 is 4.74 Å². The zero-order chi connectivity index (χ0) is 13.3. The van der Waals surface area contributed by atoms with Gasteiger partial charge in [0.15, 0.2) is 11.4 Å². The Morgan fingerprint density at radius 3 is 2.83 bits per heavy atom. The van der Waals surface area contributed by atoms with Gasteiger partial charge in [0.2, 0.25) is 5.78 Å². The second-order valence-corrected chi connectivity index (χ2v) is 3.97. The number of carbonyl (C=O) groups is 1. The average Bonchev–Trinajstić information content (AvgIpc) is 2.72. The summed E-state index contributed by atoms with van der Waals surface area (Å²) in [5.41, 5.74) is 1.34. The minimum atomic E-state index is -0.440. The summed E-state index contributed by atoms with van der Waals surface area (Å²) in [7, 11) is 3.11. The summed E-state index contributed by atoms with van der Waals surface area (Å²) < 4.78 is 19.7. The molecule has 0 aliphatic rings. The lowest BCUT2D eigenvalue weighted by atomic mass is 10.0. The highest BCUT2D eigenvalue weighted by Crippen LogP contribution is 2.22. The summed E-state index contributed by atoms with van der Waals surface area (Å²) in [4.78, 5) is 12.4. The summed E-state index contributed by atoms with van der Waals surface area (Å²) in [6.07, 6.45) is 1.46. The van der Waals surface area contributed by atoms with E-state index in [1.807, 2.05) is 0 Å². The molecular formula is C13H13FN2O2. The van der Waals surface area contributed by atoms with Crippen molar-refractivity contribution in [3.63, 3.8) is 0 Å². The summed E-state index contributed by atoms with van der Waals surface area (Å²) >= 11 is 0. The summed E-state index contributed by atoms with van der Waals surface area (Å²) in [5.74, 6) is -0.361. The van der Waals surface area contributed by atoms with E-state index in [0.717, 1.165) is 0 Å². The van der Waals surface area contributed by atoms with Crippen LogP contribution in [0.15, 0.2) is 24.4 Å². The van der Waals surface area contributed by atoms with Crippen molar-refractivity contribution in [2.45, 2.75) is 6.92 Å². The Balaban J connectivity index is 2.54. The highest BCUT2D eigenvalue weighted by atomic mass is 19.1. The first-order valence-corrected chi connectivity index (χ1v) is 5.41. The fourth-order valence-corrected chi connectivity index (χ4v) is 1.79. The Labute approximate surface area is 104 Å². The van der Waals surface area contributed by atoms with Crippen LogP contribution in [0.3, 0.4) is 0 Å². The van der Waals surface area contributed by atoms with Crippen LogP contribution in [0.1, 0.15) is 21.6 Å². The van der Waals surface area contributed by atoms with Crippen molar-refractivity contribution < 1.29 is 13.9 Å². The predicted molar refractivity (Wildman–Crippen MR) is 64.3 cm³/mol. The predicted octanol–water partition coefficient (Wildman–Crippen LogP) is 2.11. The van der Waals surface area contributed by atoms with E-state index in [9.17, 15) is 9.18 Å². The van der Waals surface area contributed by atoms with Gasteiger partial charge in [0.05, 0.1) is 13.3 Å². The molecule has 1 aromatic carbocycles. The number of ketones is 1. The molecule has 2 rings (SSSR count). The van der Waals surface area contributed by atoms with E-state index in [1.54, 1.807) is 20.0 Å². The molecule has 94 valence electrons. The quantitative estimate of drug-likeness (QED) is 0.781. The van der Waals surface area contributed by atoms with Crippen molar-refractivity contribution in [3.05, 3.63) is 47.0 Å². The first kappa shape index (κ1) is 12.3. The van der Waals surface area contributed by atoms with E-state index >= 15 is 0 Å². The Hall–Kier alpha value is -2.17. The number of hydrogen-bond donors (Lipinski definition) is 0. The molecule has 0 bridgehead atoms. The number of halogens is 1. The number of methoxy groups -OCH3 is 1. The van der Waals surface area contributed by atoms with Crippen molar-refractivity contribution in [1.82, 2.24) is 9.78 Å². The van der Waals surface area contributed by atoms with E-state index in [0.29, 0.717) is 22.6 Å². The number of nitrogens with zero attached hydrogens (tertiary/aromatic N) is 2. The van der Waals surface area contributed by atoms with Crippen molar-refractivity contribution in [3.8, 4) is 5.75 Å². The highest BCUT2D eigenvalue weighted by Gasteiger charge is 2.21. The van der Waals surface area contributed by atoms with Crippen LogP contribution >= 0.6 is 0 Å². The molecule has 0 saturated carbocycles. The van der Waals surface area contributed by atoms with Gasteiger partial charge in [0.1, 0.15) is 5.82 Å². The van der Waals surface area contributed by atoms with Gasteiger partial charge in [-0.05, 0) is 24.6 Å². The van der Waals surface area contributed by atoms with Crippen LogP contribution in [0.5, 0.6) is 5.75 Å². The molecule has 4 nitrogen and oxygen atoms in total. The molecule has 0 amide bonds. The number of benzene rings is 1. The fraction of sp³-hybridized carbons (Fsp3) is 0.231. The van der Waals surface area contributed by atoms with Gasteiger partial charge in [-0.15, -0.1) is 0 Å². The molecule has 1 heterocycles. The van der Waals surface area contributed by atoms with E-state index in [2.05, 4.69) is 5.10 Å². The molecule has 0 unspecified atom stereocenters. The van der Waals surface area contributed by atoms with Gasteiger partial charge >= 0.3 is 0 Å². The lowest BCUT2D eigenvalue weighted by molar-refractivity contribution is 0.102. The third-order valence-corrected chi connectivity index (χ3v) is 2.78. The molecule has 0 N–H and O–H groups in total. The molecule has 5 heteroatoms. The van der Waals surface area contributed by atoms with Gasteiger partial charge in [0, 0.05) is 12.6 Å². The second kappa shape index (κ2) is 4.60. The number of ether oxygens (including phenoxy) is 1. The highest BCUT2D eigenvalue weighted by molar-refractivity contribution is 6.10. The molecular weight excluding hydrogens is 235 g/mol. The molecule has 0 aliphatic heterocycles. The van der Waals surface area contributed by atoms with E-state index in [-0.39, 0.29) is 5.78 Å². The first-order valence-electron chi connectivity index (χ1n) is 5.41.